The molecule has 9 nitrogen and oxygen atoms in total. The van der Waals surface area contributed by atoms with Gasteiger partial charge in [-0.25, -0.2) is 15.0 Å². The number of rotatable bonds is 7. The van der Waals surface area contributed by atoms with Crippen LogP contribution in [0.5, 0.6) is 0 Å². The summed E-state index contributed by atoms with van der Waals surface area (Å²) >= 11 is 0. The molecule has 1 amide bonds. The lowest BCUT2D eigenvalue weighted by Crippen LogP contribution is -2.47. The molecule has 0 saturated carbocycles. The number of nitriles is 1. The fraction of sp³-hybridized carbons (Fsp3) is 0.296. The van der Waals surface area contributed by atoms with Crippen LogP contribution < -0.4 is 5.32 Å². The molecule has 1 fully saturated rings. The Balaban J connectivity index is 1.18. The summed E-state index contributed by atoms with van der Waals surface area (Å²) in [4.78, 5) is 30.1. The van der Waals surface area contributed by atoms with E-state index in [9.17, 15) is 10.1 Å². The normalized spacial score (nSPS) is 14.9. The van der Waals surface area contributed by atoms with E-state index in [0.29, 0.717) is 40.7 Å². The van der Waals surface area contributed by atoms with E-state index >= 15 is 0 Å². The Morgan fingerprint density at radius 2 is 1.86 bits per heavy atom. The number of nitrogens with zero attached hydrogens (tertiary/aromatic N) is 6. The highest BCUT2D eigenvalue weighted by atomic mass is 16.3. The van der Waals surface area contributed by atoms with Gasteiger partial charge in [-0.15, -0.1) is 0 Å². The molecule has 0 aliphatic carbocycles. The fourth-order valence-electron chi connectivity index (χ4n) is 4.20. The molecule has 0 spiro atoms. The van der Waals surface area contributed by atoms with Crippen molar-refractivity contribution in [3.05, 3.63) is 83.5 Å². The van der Waals surface area contributed by atoms with Crippen molar-refractivity contribution in [2.24, 2.45) is 0 Å². The number of hydrogen-bond acceptors (Lipinski definition) is 8. The molecule has 5 rings (SSSR count). The molecule has 0 bridgehead atoms. The predicted molar refractivity (Wildman–Crippen MR) is 136 cm³/mol. The number of amides is 1. The van der Waals surface area contributed by atoms with Crippen molar-refractivity contribution in [2.75, 3.05) is 45.1 Å². The third-order valence-corrected chi connectivity index (χ3v) is 6.35. The molecule has 0 radical (unpaired) electrons. The zero-order chi connectivity index (χ0) is 24.9. The molecule has 3 heterocycles. The van der Waals surface area contributed by atoms with Crippen molar-refractivity contribution in [3.8, 4) is 6.07 Å². The topological polar surface area (TPSA) is 111 Å². The molecule has 1 unspecified atom stereocenters. The Morgan fingerprint density at radius 3 is 2.61 bits per heavy atom. The van der Waals surface area contributed by atoms with Gasteiger partial charge in [0.25, 0.3) is 5.91 Å². The van der Waals surface area contributed by atoms with E-state index in [2.05, 4.69) is 38.3 Å². The van der Waals surface area contributed by atoms with Crippen LogP contribution in [0.2, 0.25) is 0 Å². The minimum atomic E-state index is -0.730. The lowest BCUT2D eigenvalue weighted by molar-refractivity contribution is 0.0664. The number of carbonyl (C=O) groups excluding carboxylic acids is 1. The average molecular weight is 482 g/mol. The van der Waals surface area contributed by atoms with Crippen molar-refractivity contribution >= 4 is 23.0 Å². The van der Waals surface area contributed by atoms with Crippen LogP contribution in [0.25, 0.3) is 11.1 Å². The molecule has 2 aromatic carbocycles. The Morgan fingerprint density at radius 1 is 1.08 bits per heavy atom. The molecule has 1 saturated heterocycles. The number of fused-ring (bicyclic) bond motifs is 1. The second kappa shape index (κ2) is 10.5. The molecule has 9 heteroatoms. The largest absolute Gasteiger partial charge is 0.439 e. The first-order chi connectivity index (χ1) is 17.6. The Kier molecular flexibility index (Phi) is 6.87. The molecular formula is C27H27N7O2. The standard InChI is InChI=1S/C27H27N7O2/c1-33-14-16-34(17-15-33)26(35)20-8-6-19(7-9-20)10-12-29-27-30-13-11-22(32-27)21(18-28)25-31-23-4-2-3-5-24(23)36-25/h2-9,11,13,21H,10,12,14-17H2,1H3,(H,29,30,32). The van der Waals surface area contributed by atoms with Crippen LogP contribution in [0, 0.1) is 11.3 Å². The smallest absolute Gasteiger partial charge is 0.253 e. The molecule has 1 aliphatic heterocycles. The summed E-state index contributed by atoms with van der Waals surface area (Å²) in [6, 6.07) is 19.1. The Labute approximate surface area is 209 Å². The van der Waals surface area contributed by atoms with E-state index in [0.717, 1.165) is 38.2 Å². The molecular weight excluding hydrogens is 454 g/mol. The molecule has 1 atom stereocenters. The monoisotopic (exact) mass is 481 g/mol. The van der Waals surface area contributed by atoms with E-state index in [4.69, 9.17) is 4.42 Å². The van der Waals surface area contributed by atoms with Crippen molar-refractivity contribution in [2.45, 2.75) is 12.3 Å². The molecule has 36 heavy (non-hydrogen) atoms. The molecule has 182 valence electrons. The highest BCUT2D eigenvalue weighted by Gasteiger charge is 2.22. The predicted octanol–water partition coefficient (Wildman–Crippen LogP) is 3.32. The van der Waals surface area contributed by atoms with Crippen LogP contribution in [-0.2, 0) is 6.42 Å². The third kappa shape index (κ3) is 5.19. The van der Waals surface area contributed by atoms with Crippen LogP contribution in [0.3, 0.4) is 0 Å². The summed E-state index contributed by atoms with van der Waals surface area (Å²) in [6.07, 6.45) is 2.36. The summed E-state index contributed by atoms with van der Waals surface area (Å²) in [5.41, 5.74) is 3.69. The van der Waals surface area contributed by atoms with Gasteiger partial charge in [0.1, 0.15) is 5.52 Å². The zero-order valence-electron chi connectivity index (χ0n) is 20.1. The maximum absolute atomic E-state index is 12.7. The van der Waals surface area contributed by atoms with Crippen LogP contribution in [-0.4, -0.2) is 70.4 Å². The average Bonchev–Trinajstić information content (AvgIpc) is 3.34. The summed E-state index contributed by atoms with van der Waals surface area (Å²) < 4.78 is 5.78. The highest BCUT2D eigenvalue weighted by molar-refractivity contribution is 5.94. The quantitative estimate of drug-likeness (QED) is 0.428. The first kappa shape index (κ1) is 23.5. The number of likely N-dealkylation sites (N-methyl/N-ethyl adjacent to an activating group) is 1. The second-order valence-electron chi connectivity index (χ2n) is 8.86. The highest BCUT2D eigenvalue weighted by Crippen LogP contribution is 2.26. The van der Waals surface area contributed by atoms with E-state index in [1.165, 1.54) is 0 Å². The Bertz CT molecular complexity index is 1350. The minimum absolute atomic E-state index is 0.0870. The van der Waals surface area contributed by atoms with Gasteiger partial charge in [-0.2, -0.15) is 5.26 Å². The lowest BCUT2D eigenvalue weighted by atomic mass is 10.1. The van der Waals surface area contributed by atoms with Crippen molar-refractivity contribution < 1.29 is 9.21 Å². The van der Waals surface area contributed by atoms with Crippen LogP contribution in [0.1, 0.15) is 33.4 Å². The number of aromatic nitrogens is 3. The van der Waals surface area contributed by atoms with Crippen molar-refractivity contribution in [1.82, 2.24) is 24.8 Å². The van der Waals surface area contributed by atoms with Gasteiger partial charge in [0.2, 0.25) is 11.8 Å². The van der Waals surface area contributed by atoms with Gasteiger partial charge in [0.05, 0.1) is 11.8 Å². The van der Waals surface area contributed by atoms with E-state index in [1.54, 1.807) is 12.3 Å². The van der Waals surface area contributed by atoms with Gasteiger partial charge in [0, 0.05) is 44.5 Å². The molecule has 2 aromatic heterocycles. The van der Waals surface area contributed by atoms with Crippen LogP contribution in [0.15, 0.2) is 65.2 Å². The number of benzene rings is 2. The number of hydrogen-bond donors (Lipinski definition) is 1. The number of oxazole rings is 1. The SMILES string of the molecule is CN1CCN(C(=O)c2ccc(CCNc3nccc(C(C#N)c4nc5ccccc5o4)n3)cc2)CC1. The first-order valence-electron chi connectivity index (χ1n) is 12.0. The minimum Gasteiger partial charge on any atom is -0.439 e. The number of carbonyl (C=O) groups is 1. The molecule has 4 aromatic rings. The summed E-state index contributed by atoms with van der Waals surface area (Å²) in [6.45, 7) is 3.94. The van der Waals surface area contributed by atoms with Gasteiger partial charge < -0.3 is 19.5 Å². The van der Waals surface area contributed by atoms with Crippen LogP contribution in [0.4, 0.5) is 5.95 Å². The van der Waals surface area contributed by atoms with Gasteiger partial charge in [-0.1, -0.05) is 24.3 Å². The summed E-state index contributed by atoms with van der Waals surface area (Å²) in [5.74, 6) is 0.107. The van der Waals surface area contributed by atoms with Crippen molar-refractivity contribution in [3.63, 3.8) is 0 Å². The number of para-hydroxylation sites is 2. The van der Waals surface area contributed by atoms with Gasteiger partial charge in [0.15, 0.2) is 11.5 Å². The summed E-state index contributed by atoms with van der Waals surface area (Å²) in [7, 11) is 2.08. The lowest BCUT2D eigenvalue weighted by Gasteiger charge is -2.32. The first-order valence-corrected chi connectivity index (χ1v) is 12.0. The zero-order valence-corrected chi connectivity index (χ0v) is 20.1. The Hall–Kier alpha value is -4.29. The van der Waals surface area contributed by atoms with E-state index < -0.39 is 5.92 Å². The van der Waals surface area contributed by atoms with Gasteiger partial charge >= 0.3 is 0 Å². The van der Waals surface area contributed by atoms with E-state index in [-0.39, 0.29) is 5.91 Å². The summed E-state index contributed by atoms with van der Waals surface area (Å²) in [5, 5.41) is 13.0. The third-order valence-electron chi connectivity index (χ3n) is 6.35. The maximum atomic E-state index is 12.7. The maximum Gasteiger partial charge on any atom is 0.253 e. The molecule has 1 aliphatic rings. The van der Waals surface area contributed by atoms with Gasteiger partial charge in [-0.3, -0.25) is 4.79 Å². The molecule has 1 N–H and O–H groups in total. The number of anilines is 1. The second-order valence-corrected chi connectivity index (χ2v) is 8.86. The fourth-order valence-corrected chi connectivity index (χ4v) is 4.20. The van der Waals surface area contributed by atoms with Gasteiger partial charge in [-0.05, 0) is 49.4 Å². The van der Waals surface area contributed by atoms with Crippen molar-refractivity contribution in [1.29, 1.82) is 5.26 Å². The van der Waals surface area contributed by atoms with Crippen LogP contribution >= 0.6 is 0 Å². The van der Waals surface area contributed by atoms with E-state index in [1.807, 2.05) is 53.4 Å². The number of piperazine rings is 1. The number of nitrogens with one attached hydrogen (secondary N) is 1.